The molecule has 2 atom stereocenters. The van der Waals surface area contributed by atoms with Crippen molar-refractivity contribution in [3.63, 3.8) is 0 Å². The van der Waals surface area contributed by atoms with E-state index in [1.165, 1.54) is 37.4 Å². The van der Waals surface area contributed by atoms with Crippen LogP contribution in [-0.4, -0.2) is 45.2 Å². The first kappa shape index (κ1) is 29.2. The SMILES string of the molecule is Cc1cc(C2=NOC(c3cc(Cl)cc(Cl)c3)(C(F)(F)F)C2)ccc1C(=O)Nc1nc(CC(F)C(F)F)n(C#N)n1. The maximum Gasteiger partial charge on any atom is 0.435 e. The lowest BCUT2D eigenvalue weighted by molar-refractivity contribution is -0.275. The van der Waals surface area contributed by atoms with Gasteiger partial charge in [-0.3, -0.25) is 10.1 Å². The van der Waals surface area contributed by atoms with Crippen LogP contribution in [0.1, 0.15) is 39.3 Å². The van der Waals surface area contributed by atoms with E-state index in [0.29, 0.717) is 10.2 Å². The zero-order valence-electron chi connectivity index (χ0n) is 20.1. The van der Waals surface area contributed by atoms with E-state index in [-0.39, 0.29) is 32.4 Å². The van der Waals surface area contributed by atoms with E-state index in [1.54, 1.807) is 0 Å². The smallest absolute Gasteiger partial charge is 0.374 e. The molecule has 16 heteroatoms. The summed E-state index contributed by atoms with van der Waals surface area (Å²) in [5, 5.41) is 18.6. The zero-order chi connectivity index (χ0) is 29.4. The molecule has 1 N–H and O–H groups in total. The van der Waals surface area contributed by atoms with E-state index in [0.717, 1.165) is 12.1 Å². The Morgan fingerprint density at radius 3 is 2.45 bits per heavy atom. The normalized spacial score (nSPS) is 17.8. The van der Waals surface area contributed by atoms with Gasteiger partial charge in [0.25, 0.3) is 23.9 Å². The van der Waals surface area contributed by atoms with Crippen LogP contribution in [0.5, 0.6) is 0 Å². The number of alkyl halides is 6. The third kappa shape index (κ3) is 5.71. The summed E-state index contributed by atoms with van der Waals surface area (Å²) in [5.74, 6) is -1.64. The molecule has 3 aromatic rings. The molecule has 2 unspecified atom stereocenters. The molecule has 40 heavy (non-hydrogen) atoms. The topological polar surface area (TPSA) is 105 Å². The number of hydrogen-bond donors (Lipinski definition) is 1. The Labute approximate surface area is 232 Å². The zero-order valence-corrected chi connectivity index (χ0v) is 21.6. The minimum Gasteiger partial charge on any atom is -0.374 e. The van der Waals surface area contributed by atoms with Crippen molar-refractivity contribution in [3.8, 4) is 6.19 Å². The summed E-state index contributed by atoms with van der Waals surface area (Å²) in [4.78, 5) is 21.5. The average molecular weight is 605 g/mol. The van der Waals surface area contributed by atoms with Crippen LogP contribution in [0.4, 0.5) is 32.3 Å². The molecule has 2 heterocycles. The number of aromatic nitrogens is 3. The number of nitriles is 1. The second-order valence-corrected chi connectivity index (χ2v) is 9.56. The first-order chi connectivity index (χ1) is 18.7. The van der Waals surface area contributed by atoms with Crippen LogP contribution in [0.25, 0.3) is 0 Å². The van der Waals surface area contributed by atoms with E-state index < -0.39 is 54.9 Å². The van der Waals surface area contributed by atoms with Crippen molar-refractivity contribution < 1.29 is 36.0 Å². The van der Waals surface area contributed by atoms with Gasteiger partial charge < -0.3 is 4.84 Å². The minimum atomic E-state index is -4.89. The molecule has 1 aliphatic rings. The number of carbonyl (C=O) groups is 1. The minimum absolute atomic E-state index is 0.0193. The highest BCUT2D eigenvalue weighted by Crippen LogP contribution is 2.49. The van der Waals surface area contributed by atoms with Crippen LogP contribution in [0.15, 0.2) is 41.6 Å². The maximum absolute atomic E-state index is 14.2. The lowest BCUT2D eigenvalue weighted by Gasteiger charge is -2.29. The summed E-state index contributed by atoms with van der Waals surface area (Å²) in [6.45, 7) is 1.51. The number of benzene rings is 2. The molecule has 210 valence electrons. The number of nitrogens with zero attached hydrogens (tertiary/aromatic N) is 5. The summed E-state index contributed by atoms with van der Waals surface area (Å²) in [6, 6.07) is 7.53. The largest absolute Gasteiger partial charge is 0.435 e. The number of hydrogen-bond acceptors (Lipinski definition) is 6. The fourth-order valence-corrected chi connectivity index (χ4v) is 4.51. The molecule has 0 fully saturated rings. The molecule has 0 spiro atoms. The molecule has 0 bridgehead atoms. The van der Waals surface area contributed by atoms with E-state index >= 15 is 0 Å². The average Bonchev–Trinajstić information content (AvgIpc) is 3.48. The number of carbonyl (C=O) groups excluding carboxylic acids is 1. The molecule has 0 saturated heterocycles. The van der Waals surface area contributed by atoms with Crippen molar-refractivity contribution >= 4 is 40.8 Å². The molecule has 0 aliphatic carbocycles. The molecule has 0 radical (unpaired) electrons. The first-order valence-electron chi connectivity index (χ1n) is 11.2. The van der Waals surface area contributed by atoms with Crippen molar-refractivity contribution in [2.45, 2.75) is 44.1 Å². The molecule has 0 saturated carbocycles. The van der Waals surface area contributed by atoms with E-state index in [1.807, 2.05) is 0 Å². The second kappa shape index (κ2) is 11.0. The van der Waals surface area contributed by atoms with Crippen LogP contribution in [0, 0.1) is 18.4 Å². The molecule has 1 aliphatic heterocycles. The lowest BCUT2D eigenvalue weighted by Crippen LogP contribution is -2.42. The fourth-order valence-electron chi connectivity index (χ4n) is 3.99. The van der Waals surface area contributed by atoms with Crippen LogP contribution in [-0.2, 0) is 16.9 Å². The lowest BCUT2D eigenvalue weighted by atomic mass is 9.86. The van der Waals surface area contributed by atoms with Gasteiger partial charge in [-0.2, -0.15) is 23.4 Å². The Kier molecular flexibility index (Phi) is 8.00. The van der Waals surface area contributed by atoms with Crippen molar-refractivity contribution in [3.05, 3.63) is 74.5 Å². The van der Waals surface area contributed by atoms with Gasteiger partial charge in [0.15, 0.2) is 6.17 Å². The molecule has 2 aromatic carbocycles. The van der Waals surface area contributed by atoms with Gasteiger partial charge in [-0.15, -0.1) is 9.78 Å². The Morgan fingerprint density at radius 1 is 1.20 bits per heavy atom. The molecule has 1 aromatic heterocycles. The van der Waals surface area contributed by atoms with Crippen molar-refractivity contribution in [2.24, 2.45) is 5.16 Å². The van der Waals surface area contributed by atoms with Gasteiger partial charge in [0.2, 0.25) is 6.19 Å². The van der Waals surface area contributed by atoms with Gasteiger partial charge in [-0.1, -0.05) is 34.4 Å². The second-order valence-electron chi connectivity index (χ2n) is 8.69. The number of halogens is 8. The first-order valence-corrected chi connectivity index (χ1v) is 12.0. The van der Waals surface area contributed by atoms with Crippen molar-refractivity contribution in [1.29, 1.82) is 5.26 Å². The molecule has 4 rings (SSSR count). The maximum atomic E-state index is 14.2. The van der Waals surface area contributed by atoms with Gasteiger partial charge in [0.1, 0.15) is 5.82 Å². The highest BCUT2D eigenvalue weighted by molar-refractivity contribution is 6.34. The standard InChI is InChI=1S/C24H16Cl2F6N6O2/c1-11-4-12(18-9-23(40-37-18,24(30,31)32)13-5-14(25)7-15(26)6-13)2-3-16(11)21(39)35-22-34-19(38(10-33)36-22)8-17(27)20(28)29/h2-7,17,20H,8-9H2,1H3,(H,35,36,39). The molecular formula is C24H16Cl2F6N6O2. The van der Waals surface area contributed by atoms with E-state index in [2.05, 4.69) is 20.6 Å². The Hall–Kier alpha value is -3.83. The Balaban J connectivity index is 1.55. The summed E-state index contributed by atoms with van der Waals surface area (Å²) in [7, 11) is 0. The van der Waals surface area contributed by atoms with Crippen molar-refractivity contribution in [1.82, 2.24) is 14.8 Å². The third-order valence-electron chi connectivity index (χ3n) is 5.96. The Bertz CT molecular complexity index is 1520. The van der Waals surface area contributed by atoms with Gasteiger partial charge in [0.05, 0.1) is 5.71 Å². The third-order valence-corrected chi connectivity index (χ3v) is 6.40. The van der Waals surface area contributed by atoms with Gasteiger partial charge >= 0.3 is 6.18 Å². The van der Waals surface area contributed by atoms with Crippen LogP contribution >= 0.6 is 23.2 Å². The summed E-state index contributed by atoms with van der Waals surface area (Å²) >= 11 is 11.8. The molecule has 1 amide bonds. The van der Waals surface area contributed by atoms with Gasteiger partial charge in [-0.05, 0) is 48.4 Å². The monoisotopic (exact) mass is 604 g/mol. The number of rotatable bonds is 7. The van der Waals surface area contributed by atoms with Crippen molar-refractivity contribution in [2.75, 3.05) is 5.32 Å². The predicted molar refractivity (Wildman–Crippen MR) is 131 cm³/mol. The van der Waals surface area contributed by atoms with Crippen LogP contribution in [0.2, 0.25) is 10.0 Å². The summed E-state index contributed by atoms with van der Waals surface area (Å²) in [5.41, 5.74) is -2.62. The number of nitrogens with one attached hydrogen (secondary N) is 1. The van der Waals surface area contributed by atoms with Gasteiger partial charge in [0, 0.05) is 34.0 Å². The number of oxime groups is 1. The number of anilines is 1. The fraction of sp³-hybridized carbons (Fsp3) is 0.292. The van der Waals surface area contributed by atoms with Crippen LogP contribution in [0.3, 0.4) is 0 Å². The predicted octanol–water partition coefficient (Wildman–Crippen LogP) is 6.20. The van der Waals surface area contributed by atoms with E-state index in [9.17, 15) is 31.1 Å². The molecule has 8 nitrogen and oxygen atoms in total. The number of amides is 1. The molecular weight excluding hydrogens is 589 g/mol. The number of aryl methyl sites for hydroxylation is 1. The van der Waals surface area contributed by atoms with E-state index in [4.69, 9.17) is 33.3 Å². The highest BCUT2D eigenvalue weighted by atomic mass is 35.5. The Morgan fingerprint density at radius 2 is 1.88 bits per heavy atom. The van der Waals surface area contributed by atoms with Gasteiger partial charge in [-0.25, -0.2) is 13.2 Å². The summed E-state index contributed by atoms with van der Waals surface area (Å²) < 4.78 is 81.7. The highest BCUT2D eigenvalue weighted by Gasteiger charge is 2.62. The quantitative estimate of drug-likeness (QED) is 0.323. The van der Waals surface area contributed by atoms with Crippen LogP contribution < -0.4 is 5.32 Å². The summed E-state index contributed by atoms with van der Waals surface area (Å²) in [6.07, 6.45) is -10.9.